The van der Waals surface area contributed by atoms with E-state index in [4.69, 9.17) is 14.2 Å². The lowest BCUT2D eigenvalue weighted by Gasteiger charge is -2.14. The zero-order valence-corrected chi connectivity index (χ0v) is 20.8. The predicted octanol–water partition coefficient (Wildman–Crippen LogP) is 3.94. The summed E-state index contributed by atoms with van der Waals surface area (Å²) in [5.74, 6) is -2.06. The Bertz CT molecular complexity index is 1300. The molecule has 0 aliphatic carbocycles. The van der Waals surface area contributed by atoms with Crippen molar-refractivity contribution in [2.45, 2.75) is 26.8 Å². The van der Waals surface area contributed by atoms with Gasteiger partial charge in [0.25, 0.3) is 11.8 Å². The number of carbonyl (C=O) groups excluding carboxylic acids is 4. The number of fused-ring (bicyclic) bond motifs is 1. The molecule has 1 aromatic heterocycles. The minimum Gasteiger partial charge on any atom is -0.483 e. The topological polar surface area (TPSA) is 120 Å². The van der Waals surface area contributed by atoms with Gasteiger partial charge in [-0.1, -0.05) is 24.3 Å². The second kappa shape index (κ2) is 11.0. The fourth-order valence-electron chi connectivity index (χ4n) is 3.43. The molecule has 0 atom stereocenters. The highest BCUT2D eigenvalue weighted by atomic mass is 32.1. The quantitative estimate of drug-likeness (QED) is 0.452. The van der Waals surface area contributed by atoms with Crippen molar-refractivity contribution < 1.29 is 33.4 Å². The van der Waals surface area contributed by atoms with Gasteiger partial charge < -0.3 is 24.8 Å². The maximum absolute atomic E-state index is 13.4. The number of ether oxygens (including phenoxy) is 3. The molecule has 0 aliphatic heterocycles. The first-order valence-corrected chi connectivity index (χ1v) is 11.5. The van der Waals surface area contributed by atoms with Crippen molar-refractivity contribution in [1.82, 2.24) is 5.32 Å². The Kier molecular flexibility index (Phi) is 8.08. The van der Waals surface area contributed by atoms with Crippen molar-refractivity contribution in [3.63, 3.8) is 0 Å². The molecule has 2 amide bonds. The number of nitrogens with one attached hydrogen (secondary N) is 2. The number of benzene rings is 2. The molecule has 0 bridgehead atoms. The Hall–Kier alpha value is -3.92. The third-order valence-electron chi connectivity index (χ3n) is 5.04. The Balaban J connectivity index is 2.01. The van der Waals surface area contributed by atoms with Gasteiger partial charge in [-0.2, -0.15) is 0 Å². The van der Waals surface area contributed by atoms with E-state index in [2.05, 4.69) is 10.6 Å². The zero-order valence-electron chi connectivity index (χ0n) is 20.0. The summed E-state index contributed by atoms with van der Waals surface area (Å²) in [6.07, 6.45) is 0. The molecule has 3 rings (SSSR count). The van der Waals surface area contributed by atoms with E-state index < -0.39 is 17.8 Å². The molecule has 0 aliphatic rings. The summed E-state index contributed by atoms with van der Waals surface area (Å²) in [7, 11) is 2.44. The molecule has 0 spiro atoms. The fraction of sp³-hybridized carbons (Fsp3) is 0.280. The number of thiophene rings is 1. The first-order chi connectivity index (χ1) is 16.7. The molecule has 9 nitrogen and oxygen atoms in total. The first kappa shape index (κ1) is 25.7. The van der Waals surface area contributed by atoms with Crippen LogP contribution in [0.1, 0.15) is 49.8 Å². The van der Waals surface area contributed by atoms with Crippen LogP contribution in [0.3, 0.4) is 0 Å². The van der Waals surface area contributed by atoms with Crippen molar-refractivity contribution in [2.24, 2.45) is 0 Å². The van der Waals surface area contributed by atoms with Crippen molar-refractivity contribution >= 4 is 50.9 Å². The summed E-state index contributed by atoms with van der Waals surface area (Å²) in [6, 6.07) is 10.6. The first-order valence-electron chi connectivity index (χ1n) is 10.7. The molecule has 10 heteroatoms. The highest BCUT2D eigenvalue weighted by Crippen LogP contribution is 2.35. The lowest BCUT2D eigenvalue weighted by atomic mass is 10.1. The number of methoxy groups -OCH3 is 2. The fourth-order valence-corrected chi connectivity index (χ4v) is 4.54. The number of carbonyl (C=O) groups is 4. The van der Waals surface area contributed by atoms with Crippen LogP contribution in [0.4, 0.5) is 5.00 Å². The number of esters is 2. The number of rotatable bonds is 8. The van der Waals surface area contributed by atoms with Crippen LogP contribution in [0.15, 0.2) is 36.4 Å². The van der Waals surface area contributed by atoms with Crippen molar-refractivity contribution in [3.05, 3.63) is 58.0 Å². The van der Waals surface area contributed by atoms with Gasteiger partial charge in [0.05, 0.1) is 25.3 Å². The minimum absolute atomic E-state index is 0.0609. The Morgan fingerprint density at radius 3 is 2.20 bits per heavy atom. The van der Waals surface area contributed by atoms with E-state index >= 15 is 0 Å². The van der Waals surface area contributed by atoms with Crippen molar-refractivity contribution in [1.29, 1.82) is 0 Å². The van der Waals surface area contributed by atoms with E-state index in [-0.39, 0.29) is 45.3 Å². The SMILES string of the molecule is COC(=O)c1sc(NC(=O)c2cc3ccccc3cc2OCC(=O)NC(C)C)c(C(=O)OC)c1C. The molecule has 0 saturated heterocycles. The molecule has 1 heterocycles. The van der Waals surface area contributed by atoms with Gasteiger partial charge >= 0.3 is 11.9 Å². The summed E-state index contributed by atoms with van der Waals surface area (Å²) in [4.78, 5) is 50.2. The molecule has 35 heavy (non-hydrogen) atoms. The molecule has 184 valence electrons. The minimum atomic E-state index is -0.704. The third kappa shape index (κ3) is 5.78. The van der Waals surface area contributed by atoms with E-state index in [9.17, 15) is 19.2 Å². The monoisotopic (exact) mass is 498 g/mol. The molecule has 0 unspecified atom stereocenters. The van der Waals surface area contributed by atoms with E-state index in [0.717, 1.165) is 22.1 Å². The van der Waals surface area contributed by atoms with Crippen molar-refractivity contribution in [2.75, 3.05) is 26.1 Å². The maximum atomic E-state index is 13.4. The lowest BCUT2D eigenvalue weighted by molar-refractivity contribution is -0.123. The van der Waals surface area contributed by atoms with E-state index in [1.807, 2.05) is 38.1 Å². The summed E-state index contributed by atoms with van der Waals surface area (Å²) < 4.78 is 15.3. The summed E-state index contributed by atoms with van der Waals surface area (Å²) in [5, 5.41) is 7.16. The molecule has 0 saturated carbocycles. The van der Waals surface area contributed by atoms with Crippen LogP contribution in [0.2, 0.25) is 0 Å². The largest absolute Gasteiger partial charge is 0.483 e. The average molecular weight is 499 g/mol. The number of amides is 2. The molecular formula is C25H26N2O7S. The van der Waals surface area contributed by atoms with Gasteiger partial charge in [-0.15, -0.1) is 11.3 Å². The van der Waals surface area contributed by atoms with Gasteiger partial charge in [0.1, 0.15) is 15.6 Å². The Labute approximate surface area is 206 Å². The van der Waals surface area contributed by atoms with E-state index in [1.54, 1.807) is 19.1 Å². The molecular weight excluding hydrogens is 472 g/mol. The molecule has 2 N–H and O–H groups in total. The third-order valence-corrected chi connectivity index (χ3v) is 6.22. The standard InChI is InChI=1S/C25H26N2O7S/c1-13(2)26-19(28)12-34-18-11-16-9-7-6-8-15(16)10-17(18)22(29)27-23-20(24(30)32-4)14(3)21(35-23)25(31)33-5/h6-11,13H,12H2,1-5H3,(H,26,28)(H,27,29). The zero-order chi connectivity index (χ0) is 25.7. The number of hydrogen-bond donors (Lipinski definition) is 2. The van der Waals surface area contributed by atoms with E-state index in [1.165, 1.54) is 14.2 Å². The Morgan fingerprint density at radius 1 is 0.971 bits per heavy atom. The van der Waals surface area contributed by atoms with E-state index in [0.29, 0.717) is 5.56 Å². The van der Waals surface area contributed by atoms with Gasteiger partial charge in [0.2, 0.25) is 0 Å². The second-order valence-electron chi connectivity index (χ2n) is 7.90. The molecule has 2 aromatic carbocycles. The van der Waals surface area contributed by atoms with Crippen LogP contribution < -0.4 is 15.4 Å². The molecule has 3 aromatic rings. The molecule has 0 fully saturated rings. The van der Waals surface area contributed by atoms with Gasteiger partial charge in [-0.3, -0.25) is 9.59 Å². The van der Waals surface area contributed by atoms with Crippen LogP contribution in [0.25, 0.3) is 10.8 Å². The van der Waals surface area contributed by atoms with Crippen LogP contribution in [0.5, 0.6) is 5.75 Å². The van der Waals surface area contributed by atoms with Gasteiger partial charge in [0, 0.05) is 6.04 Å². The van der Waals surface area contributed by atoms with Crippen LogP contribution in [-0.4, -0.2) is 50.6 Å². The van der Waals surface area contributed by atoms with Gasteiger partial charge in [0.15, 0.2) is 6.61 Å². The Morgan fingerprint density at radius 2 is 1.60 bits per heavy atom. The van der Waals surface area contributed by atoms with Crippen LogP contribution in [-0.2, 0) is 14.3 Å². The van der Waals surface area contributed by atoms with Crippen LogP contribution >= 0.6 is 11.3 Å². The van der Waals surface area contributed by atoms with Crippen molar-refractivity contribution in [3.8, 4) is 5.75 Å². The highest BCUT2D eigenvalue weighted by molar-refractivity contribution is 7.18. The highest BCUT2D eigenvalue weighted by Gasteiger charge is 2.27. The normalized spacial score (nSPS) is 10.7. The maximum Gasteiger partial charge on any atom is 0.348 e. The summed E-state index contributed by atoms with van der Waals surface area (Å²) in [6.45, 7) is 4.95. The summed E-state index contributed by atoms with van der Waals surface area (Å²) >= 11 is 0.908. The molecule has 0 radical (unpaired) electrons. The van der Waals surface area contributed by atoms with Gasteiger partial charge in [-0.25, -0.2) is 9.59 Å². The number of hydrogen-bond acceptors (Lipinski definition) is 8. The second-order valence-corrected chi connectivity index (χ2v) is 8.92. The average Bonchev–Trinajstić information content (AvgIpc) is 3.16. The lowest BCUT2D eigenvalue weighted by Crippen LogP contribution is -2.34. The van der Waals surface area contributed by atoms with Gasteiger partial charge in [-0.05, 0) is 49.2 Å². The van der Waals surface area contributed by atoms with Crippen LogP contribution in [0, 0.1) is 6.92 Å². The smallest absolute Gasteiger partial charge is 0.348 e. The number of anilines is 1. The predicted molar refractivity (Wildman–Crippen MR) is 132 cm³/mol. The summed E-state index contributed by atoms with van der Waals surface area (Å²) in [5.41, 5.74) is 0.553.